The van der Waals surface area contributed by atoms with Gasteiger partial charge in [-0.1, -0.05) is 23.5 Å². The van der Waals surface area contributed by atoms with Crippen LogP contribution < -0.4 is 0 Å². The highest BCUT2D eigenvalue weighted by molar-refractivity contribution is 7.91. The van der Waals surface area contributed by atoms with E-state index in [0.717, 1.165) is 16.5 Å². The van der Waals surface area contributed by atoms with E-state index in [1.54, 1.807) is 16.9 Å². The third-order valence-corrected chi connectivity index (χ3v) is 8.20. The fraction of sp³-hybridized carbons (Fsp3) is 0.227. The number of methoxy groups -OCH3 is 1. The minimum Gasteiger partial charge on any atom is -0.469 e. The summed E-state index contributed by atoms with van der Waals surface area (Å²) in [5, 5.41) is 20.0. The topological polar surface area (TPSA) is 133 Å². The van der Waals surface area contributed by atoms with Crippen molar-refractivity contribution < 1.29 is 26.7 Å². The van der Waals surface area contributed by atoms with Gasteiger partial charge in [0.05, 0.1) is 48.0 Å². The number of carbonyl (C=O) groups is 1. The maximum Gasteiger partial charge on any atom is 0.306 e. The van der Waals surface area contributed by atoms with Crippen LogP contribution in [-0.4, -0.2) is 57.4 Å². The van der Waals surface area contributed by atoms with Crippen LogP contribution in [0.1, 0.15) is 23.4 Å². The molecule has 0 bridgehead atoms. The number of sulfone groups is 1. The first-order valence-electron chi connectivity index (χ1n) is 10.6. The molecule has 0 atom stereocenters. The lowest BCUT2D eigenvalue weighted by atomic mass is 10.1. The van der Waals surface area contributed by atoms with E-state index in [1.807, 2.05) is 18.2 Å². The molecule has 14 heteroatoms. The highest BCUT2D eigenvalue weighted by atomic mass is 32.2. The van der Waals surface area contributed by atoms with Crippen LogP contribution in [0.2, 0.25) is 0 Å². The maximum absolute atomic E-state index is 13.2. The number of benzene rings is 2. The molecule has 0 aliphatic rings. The number of nitrogens with one attached hydrogen (secondary N) is 1. The number of hydrogen-bond acceptors (Lipinski definition) is 9. The normalized spacial score (nSPS) is 12.1. The van der Waals surface area contributed by atoms with Gasteiger partial charge in [-0.2, -0.15) is 10.2 Å². The Kier molecular flexibility index (Phi) is 6.22. The second kappa shape index (κ2) is 9.35. The van der Waals surface area contributed by atoms with Gasteiger partial charge in [-0.3, -0.25) is 14.6 Å². The second-order valence-electron chi connectivity index (χ2n) is 7.87. The average Bonchev–Trinajstić information content (AvgIpc) is 3.61. The third kappa shape index (κ3) is 4.56. The molecule has 186 valence electrons. The molecule has 0 fully saturated rings. The van der Waals surface area contributed by atoms with E-state index in [-0.39, 0.29) is 22.0 Å². The number of hydrogen-bond donors (Lipinski definition) is 1. The number of carbonyl (C=O) groups excluding carboxylic acids is 1. The van der Waals surface area contributed by atoms with Gasteiger partial charge in [0.15, 0.2) is 19.9 Å². The molecule has 0 radical (unpaired) electrons. The van der Waals surface area contributed by atoms with E-state index >= 15 is 0 Å². The summed E-state index contributed by atoms with van der Waals surface area (Å²) >= 11 is 0.690. The van der Waals surface area contributed by atoms with Gasteiger partial charge in [0.2, 0.25) is 0 Å². The predicted octanol–water partition coefficient (Wildman–Crippen LogP) is 3.75. The zero-order valence-corrected chi connectivity index (χ0v) is 20.3. The Balaban J connectivity index is 1.60. The molecular weight excluding hydrogens is 514 g/mol. The van der Waals surface area contributed by atoms with Crippen molar-refractivity contribution in [2.24, 2.45) is 0 Å². The molecule has 0 unspecified atom stereocenters. The molecule has 3 aromatic heterocycles. The fourth-order valence-electron chi connectivity index (χ4n) is 3.74. The monoisotopic (exact) mass is 532 g/mol. The lowest BCUT2D eigenvalue weighted by Gasteiger charge is -2.06. The van der Waals surface area contributed by atoms with Crippen LogP contribution in [0.15, 0.2) is 47.5 Å². The summed E-state index contributed by atoms with van der Waals surface area (Å²) in [6, 6.07) is 10.2. The van der Waals surface area contributed by atoms with Crippen molar-refractivity contribution >= 4 is 48.9 Å². The van der Waals surface area contributed by atoms with Crippen LogP contribution in [0.3, 0.4) is 0 Å². The van der Waals surface area contributed by atoms with Crippen molar-refractivity contribution in [3.8, 4) is 10.7 Å². The first-order valence-corrected chi connectivity index (χ1v) is 13.1. The van der Waals surface area contributed by atoms with Crippen molar-refractivity contribution in [1.82, 2.24) is 30.2 Å². The second-order valence-corrected chi connectivity index (χ2v) is 11.0. The van der Waals surface area contributed by atoms with Crippen LogP contribution in [0.4, 0.5) is 8.78 Å². The number of alkyl halides is 2. The first kappa shape index (κ1) is 23.9. The summed E-state index contributed by atoms with van der Waals surface area (Å²) in [7, 11) is -2.65. The standard InChI is InChI=1S/C22H18F2N6O4S2/c1-34-18(31)6-7-36(32,33)14-4-5-17-15(9-14)19(21-27-28-22(35-21)20(23)24)29-30(17)11-12-2-3-13-10-25-26-16(13)8-12/h2-5,8-10,20H,6-7,11H2,1H3,(H,25,26). The molecule has 0 aliphatic heterocycles. The summed E-state index contributed by atoms with van der Waals surface area (Å²) in [6.45, 7) is 0.320. The van der Waals surface area contributed by atoms with Crippen molar-refractivity contribution in [2.45, 2.75) is 24.3 Å². The molecule has 0 saturated heterocycles. The molecule has 3 heterocycles. The molecule has 5 rings (SSSR count). The number of aromatic amines is 1. The van der Waals surface area contributed by atoms with E-state index in [4.69, 9.17) is 0 Å². The number of H-pyrrole nitrogens is 1. The molecule has 1 N–H and O–H groups in total. The molecule has 0 amide bonds. The SMILES string of the molecule is COC(=O)CCS(=O)(=O)c1ccc2c(c1)c(-c1nnc(C(F)F)s1)nn2Cc1ccc2cn[nH]c2c1. The Morgan fingerprint density at radius 2 is 2.03 bits per heavy atom. The quantitative estimate of drug-likeness (QED) is 0.299. The molecule has 0 saturated carbocycles. The van der Waals surface area contributed by atoms with E-state index in [1.165, 1.54) is 19.2 Å². The van der Waals surface area contributed by atoms with Gasteiger partial charge in [-0.25, -0.2) is 17.2 Å². The third-order valence-electron chi connectivity index (χ3n) is 5.55. The maximum atomic E-state index is 13.2. The minimum absolute atomic E-state index is 0.0304. The summed E-state index contributed by atoms with van der Waals surface area (Å²) in [5.41, 5.74) is 2.55. The summed E-state index contributed by atoms with van der Waals surface area (Å²) < 4.78 is 58.2. The molecule has 2 aromatic carbocycles. The predicted molar refractivity (Wildman–Crippen MR) is 127 cm³/mol. The Labute approximate surface area is 206 Å². The van der Waals surface area contributed by atoms with Crippen molar-refractivity contribution in [3.05, 3.63) is 53.2 Å². The van der Waals surface area contributed by atoms with Crippen molar-refractivity contribution in [3.63, 3.8) is 0 Å². The number of rotatable bonds is 8. The first-order chi connectivity index (χ1) is 17.2. The number of aromatic nitrogens is 6. The Morgan fingerprint density at radius 3 is 2.78 bits per heavy atom. The summed E-state index contributed by atoms with van der Waals surface area (Å²) in [6.07, 6.45) is -1.38. The Morgan fingerprint density at radius 1 is 1.19 bits per heavy atom. The number of nitrogens with zero attached hydrogens (tertiary/aromatic N) is 5. The highest BCUT2D eigenvalue weighted by Gasteiger charge is 2.23. The zero-order chi connectivity index (χ0) is 25.4. The van der Waals surface area contributed by atoms with Gasteiger partial charge in [-0.05, 0) is 29.8 Å². The van der Waals surface area contributed by atoms with Crippen LogP contribution in [0, 0.1) is 0 Å². The highest BCUT2D eigenvalue weighted by Crippen LogP contribution is 2.34. The van der Waals surface area contributed by atoms with Gasteiger partial charge in [0.1, 0.15) is 5.69 Å². The van der Waals surface area contributed by atoms with Crippen molar-refractivity contribution in [2.75, 3.05) is 12.9 Å². The molecular formula is C22H18F2N6O4S2. The van der Waals surface area contributed by atoms with E-state index in [0.29, 0.717) is 28.8 Å². The largest absolute Gasteiger partial charge is 0.469 e. The summed E-state index contributed by atoms with van der Waals surface area (Å²) in [4.78, 5) is 11.4. The van der Waals surface area contributed by atoms with Gasteiger partial charge in [-0.15, -0.1) is 10.2 Å². The van der Waals surface area contributed by atoms with E-state index < -0.39 is 33.0 Å². The Bertz CT molecular complexity index is 1690. The molecule has 5 aromatic rings. The lowest BCUT2D eigenvalue weighted by Crippen LogP contribution is -2.12. The number of esters is 1. The zero-order valence-electron chi connectivity index (χ0n) is 18.7. The van der Waals surface area contributed by atoms with Gasteiger partial charge in [0, 0.05) is 10.8 Å². The number of ether oxygens (including phenoxy) is 1. The molecule has 36 heavy (non-hydrogen) atoms. The van der Waals surface area contributed by atoms with Crippen LogP contribution in [-0.2, 0) is 25.9 Å². The lowest BCUT2D eigenvalue weighted by molar-refractivity contribution is -0.140. The average molecular weight is 533 g/mol. The van der Waals surface area contributed by atoms with Gasteiger partial charge >= 0.3 is 5.97 Å². The molecule has 0 spiro atoms. The number of halogens is 2. The van der Waals surface area contributed by atoms with Crippen LogP contribution >= 0.6 is 11.3 Å². The minimum atomic E-state index is -3.83. The Hall–Kier alpha value is -3.78. The molecule has 0 aliphatic carbocycles. The van der Waals surface area contributed by atoms with Gasteiger partial charge < -0.3 is 4.74 Å². The summed E-state index contributed by atoms with van der Waals surface area (Å²) in [5.74, 6) is -1.08. The number of fused-ring (bicyclic) bond motifs is 2. The molecule has 10 nitrogen and oxygen atoms in total. The van der Waals surface area contributed by atoms with E-state index in [9.17, 15) is 22.0 Å². The van der Waals surface area contributed by atoms with Crippen LogP contribution in [0.5, 0.6) is 0 Å². The van der Waals surface area contributed by atoms with Crippen LogP contribution in [0.25, 0.3) is 32.5 Å². The fourth-order valence-corrected chi connectivity index (χ4v) is 5.68. The van der Waals surface area contributed by atoms with Crippen molar-refractivity contribution in [1.29, 1.82) is 0 Å². The van der Waals surface area contributed by atoms with Gasteiger partial charge in [0.25, 0.3) is 6.43 Å². The van der Waals surface area contributed by atoms with E-state index in [2.05, 4.69) is 30.2 Å². The smallest absolute Gasteiger partial charge is 0.306 e.